The average molecular weight is 266 g/mol. The van der Waals surface area contributed by atoms with Crippen molar-refractivity contribution in [1.29, 1.82) is 0 Å². The lowest BCUT2D eigenvalue weighted by molar-refractivity contribution is 0.0996. The lowest BCUT2D eigenvalue weighted by Gasteiger charge is -2.07. The quantitative estimate of drug-likeness (QED) is 0.818. The van der Waals surface area contributed by atoms with Crippen molar-refractivity contribution in [2.24, 2.45) is 5.73 Å². The van der Waals surface area contributed by atoms with E-state index in [-0.39, 0.29) is 5.69 Å². The fourth-order valence-electron chi connectivity index (χ4n) is 1.42. The number of hydrogen-bond donors (Lipinski definition) is 2. The van der Waals surface area contributed by atoms with E-state index in [9.17, 15) is 4.79 Å². The molecular weight excluding hydrogens is 258 g/mol. The lowest BCUT2D eigenvalue weighted by Crippen LogP contribution is -2.15. The van der Waals surface area contributed by atoms with Crippen molar-refractivity contribution in [3.8, 4) is 11.3 Å². The van der Waals surface area contributed by atoms with Crippen molar-refractivity contribution < 1.29 is 4.79 Å². The summed E-state index contributed by atoms with van der Waals surface area (Å²) in [4.78, 5) is 19.8. The third-order valence-corrected chi connectivity index (χ3v) is 3.08. The fraction of sp³-hybridized carbons (Fsp3) is 0. The summed E-state index contributed by atoms with van der Waals surface area (Å²) in [5.41, 5.74) is 6.27. The molecule has 0 saturated heterocycles. The molecule has 1 amide bonds. The highest BCUT2D eigenvalue weighted by Crippen LogP contribution is 2.32. The van der Waals surface area contributed by atoms with Gasteiger partial charge in [-0.25, -0.2) is 4.98 Å². The predicted octanol–water partition coefficient (Wildman–Crippen LogP) is 2.18. The summed E-state index contributed by atoms with van der Waals surface area (Å²) >= 11 is 10.3. The van der Waals surface area contributed by atoms with Crippen LogP contribution in [0.1, 0.15) is 10.5 Å². The molecule has 2 rings (SSSR count). The number of thiol groups is 1. The molecule has 17 heavy (non-hydrogen) atoms. The van der Waals surface area contributed by atoms with E-state index in [0.29, 0.717) is 21.2 Å². The number of rotatable bonds is 2. The summed E-state index contributed by atoms with van der Waals surface area (Å²) in [6.45, 7) is 0. The molecule has 0 radical (unpaired) electrons. The monoisotopic (exact) mass is 265 g/mol. The molecule has 2 aromatic rings. The topological polar surface area (TPSA) is 68.9 Å². The van der Waals surface area contributed by atoms with Crippen LogP contribution < -0.4 is 5.73 Å². The van der Waals surface area contributed by atoms with Crippen molar-refractivity contribution in [2.75, 3.05) is 0 Å². The van der Waals surface area contributed by atoms with Crippen LogP contribution in [0.3, 0.4) is 0 Å². The predicted molar refractivity (Wildman–Crippen MR) is 68.2 cm³/mol. The van der Waals surface area contributed by atoms with Crippen molar-refractivity contribution in [1.82, 2.24) is 9.97 Å². The van der Waals surface area contributed by atoms with E-state index in [2.05, 4.69) is 22.6 Å². The van der Waals surface area contributed by atoms with E-state index in [1.807, 2.05) is 0 Å². The van der Waals surface area contributed by atoms with Crippen molar-refractivity contribution in [3.63, 3.8) is 0 Å². The number of nitrogens with two attached hydrogens (primary N) is 1. The van der Waals surface area contributed by atoms with Gasteiger partial charge in [-0.1, -0.05) is 23.7 Å². The van der Waals surface area contributed by atoms with E-state index in [0.717, 1.165) is 0 Å². The molecule has 1 heterocycles. The van der Waals surface area contributed by atoms with Gasteiger partial charge in [0.15, 0.2) is 5.69 Å². The third kappa shape index (κ3) is 2.25. The number of amides is 1. The molecule has 0 bridgehead atoms. The Morgan fingerprint density at radius 1 is 1.29 bits per heavy atom. The molecule has 0 atom stereocenters. The summed E-state index contributed by atoms with van der Waals surface area (Å²) in [6, 6.07) is 5.25. The van der Waals surface area contributed by atoms with Crippen LogP contribution in [0.15, 0.2) is 35.5 Å². The molecule has 0 aliphatic rings. The molecule has 2 N–H and O–H groups in total. The Labute approximate surface area is 108 Å². The smallest absolute Gasteiger partial charge is 0.269 e. The molecule has 0 fully saturated rings. The first-order valence-corrected chi connectivity index (χ1v) is 5.52. The summed E-state index contributed by atoms with van der Waals surface area (Å²) in [5, 5.41) is 0.416. The van der Waals surface area contributed by atoms with E-state index >= 15 is 0 Å². The Morgan fingerprint density at radius 3 is 2.71 bits per heavy atom. The summed E-state index contributed by atoms with van der Waals surface area (Å²) < 4.78 is 0. The first-order valence-electron chi connectivity index (χ1n) is 4.70. The van der Waals surface area contributed by atoms with Crippen LogP contribution in [0.2, 0.25) is 5.02 Å². The van der Waals surface area contributed by atoms with Crippen LogP contribution in [0, 0.1) is 0 Å². The van der Waals surface area contributed by atoms with Crippen molar-refractivity contribution in [3.05, 3.63) is 41.3 Å². The number of benzene rings is 1. The number of carbonyl (C=O) groups excluding carboxylic acids is 1. The SMILES string of the molecule is NC(=O)c1nccnc1-c1cccc(S)c1Cl. The highest BCUT2D eigenvalue weighted by molar-refractivity contribution is 7.80. The highest BCUT2D eigenvalue weighted by Gasteiger charge is 2.15. The van der Waals surface area contributed by atoms with Crippen LogP contribution in [0.5, 0.6) is 0 Å². The van der Waals surface area contributed by atoms with Gasteiger partial charge in [-0.2, -0.15) is 0 Å². The Bertz CT molecular complexity index is 589. The Morgan fingerprint density at radius 2 is 2.00 bits per heavy atom. The number of halogens is 1. The molecular formula is C11H8ClN3OS. The van der Waals surface area contributed by atoms with Crippen LogP contribution >= 0.6 is 24.2 Å². The molecule has 0 aliphatic carbocycles. The molecule has 1 aromatic carbocycles. The molecule has 0 aliphatic heterocycles. The van der Waals surface area contributed by atoms with Gasteiger partial charge in [0.2, 0.25) is 0 Å². The minimum absolute atomic E-state index is 0.0910. The largest absolute Gasteiger partial charge is 0.364 e. The maximum atomic E-state index is 11.2. The zero-order valence-corrected chi connectivity index (χ0v) is 10.2. The van der Waals surface area contributed by atoms with Crippen LogP contribution in [0.4, 0.5) is 0 Å². The first kappa shape index (κ1) is 11.9. The minimum Gasteiger partial charge on any atom is -0.364 e. The highest BCUT2D eigenvalue weighted by atomic mass is 35.5. The Kier molecular flexibility index (Phi) is 3.31. The lowest BCUT2D eigenvalue weighted by atomic mass is 10.1. The Hall–Kier alpha value is -1.59. The van der Waals surface area contributed by atoms with Gasteiger partial charge >= 0.3 is 0 Å². The van der Waals surface area contributed by atoms with Gasteiger partial charge in [0.05, 0.1) is 5.02 Å². The van der Waals surface area contributed by atoms with Gasteiger partial charge in [0.25, 0.3) is 5.91 Å². The minimum atomic E-state index is -0.645. The second kappa shape index (κ2) is 4.73. The molecule has 4 nitrogen and oxygen atoms in total. The van der Waals surface area contributed by atoms with E-state index in [1.54, 1.807) is 18.2 Å². The number of hydrogen-bond acceptors (Lipinski definition) is 4. The number of carbonyl (C=O) groups is 1. The summed E-state index contributed by atoms with van der Waals surface area (Å²) in [6.07, 6.45) is 2.88. The molecule has 0 saturated carbocycles. The second-order valence-electron chi connectivity index (χ2n) is 3.26. The number of nitrogens with zero attached hydrogens (tertiary/aromatic N) is 2. The molecule has 1 aromatic heterocycles. The first-order chi connectivity index (χ1) is 8.11. The maximum Gasteiger partial charge on any atom is 0.269 e. The summed E-state index contributed by atoms with van der Waals surface area (Å²) in [7, 11) is 0. The number of primary amides is 1. The average Bonchev–Trinajstić information content (AvgIpc) is 2.33. The van der Waals surface area contributed by atoms with Crippen LogP contribution in [0.25, 0.3) is 11.3 Å². The zero-order chi connectivity index (χ0) is 12.4. The molecule has 86 valence electrons. The maximum absolute atomic E-state index is 11.2. The normalized spacial score (nSPS) is 10.2. The van der Waals surface area contributed by atoms with Gasteiger partial charge < -0.3 is 5.73 Å². The summed E-state index contributed by atoms with van der Waals surface area (Å²) in [5.74, 6) is -0.645. The van der Waals surface area contributed by atoms with Gasteiger partial charge in [0.1, 0.15) is 5.69 Å². The van der Waals surface area contributed by atoms with Gasteiger partial charge in [-0.15, -0.1) is 12.6 Å². The standard InChI is InChI=1S/C11H8ClN3OS/c12-8-6(2-1-3-7(8)17)9-10(11(13)16)15-5-4-14-9/h1-5,17H,(H2,13,16). The van der Waals surface area contributed by atoms with E-state index in [1.165, 1.54) is 12.4 Å². The fourth-order valence-corrected chi connectivity index (χ4v) is 1.84. The number of aromatic nitrogens is 2. The van der Waals surface area contributed by atoms with Gasteiger partial charge in [0, 0.05) is 22.9 Å². The third-order valence-electron chi connectivity index (χ3n) is 2.17. The van der Waals surface area contributed by atoms with Crippen molar-refractivity contribution >= 4 is 30.1 Å². The second-order valence-corrected chi connectivity index (χ2v) is 4.12. The molecule has 6 heteroatoms. The van der Waals surface area contributed by atoms with E-state index < -0.39 is 5.91 Å². The Balaban J connectivity index is 2.69. The van der Waals surface area contributed by atoms with Gasteiger partial charge in [-0.05, 0) is 6.07 Å². The van der Waals surface area contributed by atoms with Gasteiger partial charge in [-0.3, -0.25) is 9.78 Å². The van der Waals surface area contributed by atoms with Crippen LogP contribution in [-0.2, 0) is 0 Å². The van der Waals surface area contributed by atoms with E-state index in [4.69, 9.17) is 17.3 Å². The zero-order valence-electron chi connectivity index (χ0n) is 8.59. The molecule has 0 spiro atoms. The molecule has 0 unspecified atom stereocenters. The van der Waals surface area contributed by atoms with Crippen molar-refractivity contribution in [2.45, 2.75) is 4.90 Å². The van der Waals surface area contributed by atoms with Crippen LogP contribution in [-0.4, -0.2) is 15.9 Å².